The summed E-state index contributed by atoms with van der Waals surface area (Å²) in [6, 6.07) is 0. The molecule has 1 atom stereocenters. The summed E-state index contributed by atoms with van der Waals surface area (Å²) >= 11 is 0. The number of aliphatic hydroxyl groups is 1. The van der Waals surface area contributed by atoms with Crippen LogP contribution in [0.25, 0.3) is 0 Å². The predicted molar refractivity (Wildman–Crippen MR) is 92.2 cm³/mol. The lowest BCUT2D eigenvalue weighted by molar-refractivity contribution is -0.0669. The van der Waals surface area contributed by atoms with Crippen LogP contribution in [0.3, 0.4) is 0 Å². The van der Waals surface area contributed by atoms with Gasteiger partial charge in [-0.3, -0.25) is 4.99 Å². The van der Waals surface area contributed by atoms with Crippen molar-refractivity contribution < 1.29 is 9.84 Å². The normalized spacial score (nSPS) is 21.7. The average molecular weight is 313 g/mol. The minimum Gasteiger partial charge on any atom is -0.389 e. The number of nitrogens with one attached hydrogen (secondary N) is 1. The molecule has 0 aliphatic carbocycles. The van der Waals surface area contributed by atoms with Gasteiger partial charge in [0.25, 0.3) is 0 Å². The molecule has 5 nitrogen and oxygen atoms in total. The summed E-state index contributed by atoms with van der Waals surface area (Å²) in [6.07, 6.45) is -0.551. The maximum Gasteiger partial charge on any atom is 0.194 e. The Morgan fingerprint density at radius 3 is 2.36 bits per heavy atom. The molecule has 1 heterocycles. The van der Waals surface area contributed by atoms with Crippen molar-refractivity contribution in [2.24, 2.45) is 16.3 Å². The van der Waals surface area contributed by atoms with E-state index in [-0.39, 0.29) is 11.0 Å². The number of guanidine groups is 1. The minimum absolute atomic E-state index is 0.0626. The molecule has 0 spiro atoms. The number of hydrogen-bond acceptors (Lipinski definition) is 3. The third kappa shape index (κ3) is 4.59. The summed E-state index contributed by atoms with van der Waals surface area (Å²) < 4.78 is 5.47. The fourth-order valence-corrected chi connectivity index (χ4v) is 2.48. The highest BCUT2D eigenvalue weighted by Gasteiger charge is 2.53. The molecule has 1 saturated heterocycles. The molecule has 0 aromatic rings. The van der Waals surface area contributed by atoms with Crippen molar-refractivity contribution in [2.45, 2.75) is 60.1 Å². The van der Waals surface area contributed by atoms with Crippen LogP contribution in [-0.4, -0.2) is 60.5 Å². The first-order valence-electron chi connectivity index (χ1n) is 8.43. The van der Waals surface area contributed by atoms with Crippen LogP contribution in [0.2, 0.25) is 0 Å². The van der Waals surface area contributed by atoms with Gasteiger partial charge in [0.1, 0.15) is 0 Å². The molecule has 0 bridgehead atoms. The topological polar surface area (TPSA) is 57.1 Å². The molecule has 0 aromatic carbocycles. The van der Waals surface area contributed by atoms with E-state index in [2.05, 4.69) is 63.7 Å². The highest BCUT2D eigenvalue weighted by Crippen LogP contribution is 2.46. The van der Waals surface area contributed by atoms with E-state index in [0.717, 1.165) is 19.0 Å². The summed E-state index contributed by atoms with van der Waals surface area (Å²) in [5.74, 6) is 1.37. The molecule has 130 valence electrons. The second kappa shape index (κ2) is 7.64. The van der Waals surface area contributed by atoms with Crippen LogP contribution >= 0.6 is 0 Å². The summed E-state index contributed by atoms with van der Waals surface area (Å²) in [5.41, 5.74) is 0.329. The molecule has 5 heteroatoms. The van der Waals surface area contributed by atoms with Crippen LogP contribution < -0.4 is 5.32 Å². The Morgan fingerprint density at radius 2 is 1.91 bits per heavy atom. The molecular weight excluding hydrogens is 278 g/mol. The Hall–Kier alpha value is -0.810. The Balaban J connectivity index is 2.57. The molecule has 1 aliphatic rings. The third-order valence-electron chi connectivity index (χ3n) is 4.69. The smallest absolute Gasteiger partial charge is 0.194 e. The van der Waals surface area contributed by atoms with E-state index in [9.17, 15) is 5.11 Å². The molecule has 22 heavy (non-hydrogen) atoms. The molecule has 0 aromatic heterocycles. The summed E-state index contributed by atoms with van der Waals surface area (Å²) in [5, 5.41) is 13.3. The average Bonchev–Trinajstić information content (AvgIpc) is 2.40. The van der Waals surface area contributed by atoms with Crippen molar-refractivity contribution in [3.8, 4) is 0 Å². The van der Waals surface area contributed by atoms with Gasteiger partial charge in [0, 0.05) is 30.7 Å². The molecule has 2 N–H and O–H groups in total. The lowest BCUT2D eigenvalue weighted by atomic mass is 9.65. The van der Waals surface area contributed by atoms with Gasteiger partial charge in [-0.1, -0.05) is 27.7 Å². The van der Waals surface area contributed by atoms with E-state index in [4.69, 9.17) is 4.74 Å². The quantitative estimate of drug-likeness (QED) is 0.558. The van der Waals surface area contributed by atoms with Crippen molar-refractivity contribution in [2.75, 3.05) is 32.8 Å². The number of rotatable bonds is 7. The molecule has 0 radical (unpaired) electrons. The zero-order valence-electron chi connectivity index (χ0n) is 15.4. The van der Waals surface area contributed by atoms with E-state index in [0.29, 0.717) is 25.7 Å². The van der Waals surface area contributed by atoms with Crippen molar-refractivity contribution in [1.82, 2.24) is 10.2 Å². The van der Waals surface area contributed by atoms with Crippen LogP contribution in [0.1, 0.15) is 48.5 Å². The van der Waals surface area contributed by atoms with Gasteiger partial charge in [0.05, 0.1) is 19.3 Å². The van der Waals surface area contributed by atoms with Crippen molar-refractivity contribution in [1.29, 1.82) is 0 Å². The monoisotopic (exact) mass is 313 g/mol. The van der Waals surface area contributed by atoms with Gasteiger partial charge >= 0.3 is 0 Å². The van der Waals surface area contributed by atoms with Crippen LogP contribution in [0.15, 0.2) is 4.99 Å². The number of nitrogens with zero attached hydrogens (tertiary/aromatic N) is 2. The maximum absolute atomic E-state index is 10.0. The van der Waals surface area contributed by atoms with E-state index in [1.165, 1.54) is 0 Å². The SMILES string of the molecule is CCNC(=NCC(O)COCC(C)C)N1CC(C)(C)C1(C)C. The third-order valence-corrected chi connectivity index (χ3v) is 4.69. The Labute approximate surface area is 136 Å². The van der Waals surface area contributed by atoms with Crippen LogP contribution in [-0.2, 0) is 4.74 Å². The second-order valence-corrected chi connectivity index (χ2v) is 7.81. The first kappa shape index (κ1) is 19.2. The largest absolute Gasteiger partial charge is 0.389 e. The summed E-state index contributed by atoms with van der Waals surface area (Å²) in [7, 11) is 0. The van der Waals surface area contributed by atoms with Gasteiger partial charge in [0.2, 0.25) is 0 Å². The second-order valence-electron chi connectivity index (χ2n) is 7.81. The molecule has 0 amide bonds. The first-order chi connectivity index (χ1) is 10.1. The van der Waals surface area contributed by atoms with Gasteiger partial charge in [-0.25, -0.2) is 0 Å². The fraction of sp³-hybridized carbons (Fsp3) is 0.941. The molecule has 1 unspecified atom stereocenters. The molecular formula is C17H35N3O2. The zero-order valence-corrected chi connectivity index (χ0v) is 15.4. The van der Waals surface area contributed by atoms with Gasteiger partial charge in [0.15, 0.2) is 5.96 Å². The van der Waals surface area contributed by atoms with Gasteiger partial charge in [-0.05, 0) is 26.7 Å². The van der Waals surface area contributed by atoms with Crippen molar-refractivity contribution >= 4 is 5.96 Å². The van der Waals surface area contributed by atoms with E-state index >= 15 is 0 Å². The first-order valence-corrected chi connectivity index (χ1v) is 8.43. The number of hydrogen-bond donors (Lipinski definition) is 2. The highest BCUT2D eigenvalue weighted by molar-refractivity contribution is 5.82. The van der Waals surface area contributed by atoms with Gasteiger partial charge in [-0.2, -0.15) is 0 Å². The van der Waals surface area contributed by atoms with E-state index in [1.54, 1.807) is 0 Å². The number of ether oxygens (including phenoxy) is 1. The highest BCUT2D eigenvalue weighted by atomic mass is 16.5. The Morgan fingerprint density at radius 1 is 1.27 bits per heavy atom. The molecule has 0 saturated carbocycles. The van der Waals surface area contributed by atoms with E-state index in [1.807, 2.05) is 0 Å². The van der Waals surface area contributed by atoms with Crippen LogP contribution in [0.5, 0.6) is 0 Å². The number of likely N-dealkylation sites (tertiary alicyclic amines) is 1. The van der Waals surface area contributed by atoms with Gasteiger partial charge in [-0.15, -0.1) is 0 Å². The minimum atomic E-state index is -0.551. The van der Waals surface area contributed by atoms with Crippen LogP contribution in [0, 0.1) is 11.3 Å². The Kier molecular flexibility index (Phi) is 6.68. The van der Waals surface area contributed by atoms with E-state index < -0.39 is 6.10 Å². The fourth-order valence-electron chi connectivity index (χ4n) is 2.48. The standard InChI is InChI=1S/C17H35N3O2/c1-8-18-15(20-12-16(4,5)17(20,6)7)19-9-14(21)11-22-10-13(2)3/h13-14,21H,8-12H2,1-7H3,(H,18,19). The van der Waals surface area contributed by atoms with Crippen LogP contribution in [0.4, 0.5) is 0 Å². The molecule has 1 fully saturated rings. The van der Waals surface area contributed by atoms with Crippen molar-refractivity contribution in [3.05, 3.63) is 0 Å². The Bertz CT molecular complexity index is 378. The lowest BCUT2D eigenvalue weighted by Crippen LogP contribution is -2.72. The molecule has 1 aliphatic heterocycles. The van der Waals surface area contributed by atoms with Crippen molar-refractivity contribution in [3.63, 3.8) is 0 Å². The summed E-state index contributed by atoms with van der Waals surface area (Å²) in [6.45, 7) is 18.5. The lowest BCUT2D eigenvalue weighted by Gasteiger charge is -2.62. The maximum atomic E-state index is 10.0. The van der Waals surface area contributed by atoms with Gasteiger partial charge < -0.3 is 20.1 Å². The summed E-state index contributed by atoms with van der Waals surface area (Å²) in [4.78, 5) is 6.89. The zero-order chi connectivity index (χ0) is 17.0. The molecule has 1 rings (SSSR count). The number of aliphatic imine (C=N–C) groups is 1. The number of aliphatic hydroxyl groups excluding tert-OH is 1. The predicted octanol–water partition coefficient (Wildman–Crippen LogP) is 2.11.